The van der Waals surface area contributed by atoms with Crippen LogP contribution in [0.3, 0.4) is 0 Å². The summed E-state index contributed by atoms with van der Waals surface area (Å²) in [6.45, 7) is 1.07. The van der Waals surface area contributed by atoms with E-state index in [4.69, 9.17) is 27.4 Å². The Morgan fingerprint density at radius 1 is 0.917 bits per heavy atom. The van der Waals surface area contributed by atoms with Crippen LogP contribution in [0.15, 0.2) is 88.6 Å². The fourth-order valence-corrected chi connectivity index (χ4v) is 7.49. The van der Waals surface area contributed by atoms with Crippen LogP contribution in [-0.2, 0) is 15.1 Å². The van der Waals surface area contributed by atoms with Gasteiger partial charge in [0.25, 0.3) is 11.5 Å². The highest BCUT2D eigenvalue weighted by atomic mass is 32.1. The third-order valence-corrected chi connectivity index (χ3v) is 10.4. The molecule has 18 nitrogen and oxygen atoms in total. The summed E-state index contributed by atoms with van der Waals surface area (Å²) in [7, 11) is 0. The van der Waals surface area contributed by atoms with Crippen molar-refractivity contribution in [3.63, 3.8) is 0 Å². The summed E-state index contributed by atoms with van der Waals surface area (Å²) in [5.41, 5.74) is 7.88. The van der Waals surface area contributed by atoms with Gasteiger partial charge in [-0.2, -0.15) is 4.98 Å². The number of amides is 1. The van der Waals surface area contributed by atoms with Crippen molar-refractivity contribution in [2.45, 2.75) is 30.9 Å². The first-order valence-electron chi connectivity index (χ1n) is 18.7. The van der Waals surface area contributed by atoms with Gasteiger partial charge in [0.15, 0.2) is 22.2 Å². The fourth-order valence-electron chi connectivity index (χ4n) is 7.27. The highest BCUT2D eigenvalue weighted by Crippen LogP contribution is 2.57. The zero-order chi connectivity index (χ0) is 42.1. The number of carbonyl (C=O) groups excluding carboxylic acids is 2. The Labute approximate surface area is 345 Å². The number of carbonyl (C=O) groups is 3. The summed E-state index contributed by atoms with van der Waals surface area (Å²) < 4.78 is 12.1. The Kier molecular flexibility index (Phi) is 10.4. The van der Waals surface area contributed by atoms with Crippen molar-refractivity contribution < 1.29 is 39.2 Å². The molecule has 0 saturated carbocycles. The summed E-state index contributed by atoms with van der Waals surface area (Å²) in [6, 6.07) is 19.6. The molecule has 0 radical (unpaired) electrons. The lowest BCUT2D eigenvalue weighted by Crippen LogP contribution is -2.40. The lowest BCUT2D eigenvalue weighted by atomic mass is 9.77. The van der Waals surface area contributed by atoms with E-state index < -0.39 is 35.0 Å². The van der Waals surface area contributed by atoms with Crippen molar-refractivity contribution in [1.29, 1.82) is 0 Å². The molecule has 1 atom stereocenters. The number of nitrogen functional groups attached to an aromatic ring is 1. The highest BCUT2D eigenvalue weighted by Gasteiger charge is 2.53. The quantitative estimate of drug-likeness (QED) is 0.0477. The molecule has 0 saturated heterocycles. The number of phenolic OH excluding ortho intramolecular Hbond substituents is 2. The maximum atomic E-state index is 13.4. The number of hydrogen-bond acceptors (Lipinski definition) is 14. The number of H-pyrrole nitrogens is 1. The maximum Gasteiger partial charge on any atom is 0.340 e. The number of aromatic hydroxyl groups is 2. The average molecular weight is 832 g/mol. The number of benzene rings is 4. The number of carboxylic acid groups (broad SMARTS) is 1. The number of aliphatic carboxylic acids is 1. The molecule has 11 N–H and O–H groups in total. The minimum absolute atomic E-state index is 0.00510. The summed E-state index contributed by atoms with van der Waals surface area (Å²) in [4.78, 5) is 61.4. The molecule has 3 aliphatic rings. The predicted octanol–water partition coefficient (Wildman–Crippen LogP) is 4.28. The molecule has 1 amide bonds. The smallest absolute Gasteiger partial charge is 0.340 e. The first-order valence-corrected chi connectivity index (χ1v) is 19.1. The Balaban J connectivity index is 0.816. The van der Waals surface area contributed by atoms with E-state index in [2.05, 4.69) is 41.5 Å². The van der Waals surface area contributed by atoms with Crippen LogP contribution < -0.4 is 42.6 Å². The van der Waals surface area contributed by atoms with E-state index in [9.17, 15) is 34.5 Å². The van der Waals surface area contributed by atoms with Crippen LogP contribution in [0.5, 0.6) is 23.0 Å². The van der Waals surface area contributed by atoms with Gasteiger partial charge in [-0.3, -0.25) is 14.6 Å². The Hall–Kier alpha value is -7.67. The molecule has 4 aromatic carbocycles. The molecule has 1 spiro atoms. The monoisotopic (exact) mass is 831 g/mol. The normalized spacial score (nSPS) is 14.4. The molecule has 4 heterocycles. The summed E-state index contributed by atoms with van der Waals surface area (Å²) in [5.74, 6) is -1.51. The van der Waals surface area contributed by atoms with Crippen molar-refractivity contribution in [2.75, 3.05) is 41.3 Å². The van der Waals surface area contributed by atoms with E-state index >= 15 is 0 Å². The van der Waals surface area contributed by atoms with E-state index in [1.807, 2.05) is 0 Å². The zero-order valence-corrected chi connectivity index (χ0v) is 32.3. The molecule has 60 heavy (non-hydrogen) atoms. The minimum atomic E-state index is -1.39. The number of carboxylic acids is 1. The van der Waals surface area contributed by atoms with Gasteiger partial charge in [0, 0.05) is 52.3 Å². The predicted molar refractivity (Wildman–Crippen MR) is 225 cm³/mol. The third-order valence-electron chi connectivity index (χ3n) is 10.1. The molecular weight excluding hydrogens is 795 g/mol. The Bertz CT molecular complexity index is 2620. The minimum Gasteiger partial charge on any atom is -0.508 e. The number of ether oxygens (including phenoxy) is 2. The fraction of sp³-hybridized carbons (Fsp3) is 0.195. The molecule has 0 aliphatic carbocycles. The number of phenols is 2. The second kappa shape index (κ2) is 15.9. The number of thiocarbonyl (C=S) groups is 1. The molecule has 8 rings (SSSR count). The van der Waals surface area contributed by atoms with Crippen LogP contribution in [0.2, 0.25) is 0 Å². The van der Waals surface area contributed by atoms with Crippen molar-refractivity contribution in [3.8, 4) is 23.0 Å². The SMILES string of the molecule is Nc1nc2c(c(=O)[nH]1)N=C(CNc1ccc(C(=O)N[C@@H](CCCCNC(=S)Nc3ccc4c(c3)C(=O)OC43c4ccc(O)cc4Oc4cc(O)ccc43)C(=O)O)cc1)CN2. The van der Waals surface area contributed by atoms with Crippen LogP contribution in [-0.4, -0.2) is 79.6 Å². The topological polar surface area (TPSA) is 275 Å². The van der Waals surface area contributed by atoms with Crippen molar-refractivity contribution in [1.82, 2.24) is 20.6 Å². The molecular formula is C41H37N9O9S. The van der Waals surface area contributed by atoms with Gasteiger partial charge in [-0.05, 0) is 92.1 Å². The van der Waals surface area contributed by atoms with Crippen LogP contribution in [0.25, 0.3) is 0 Å². The number of hydrogen-bond donors (Lipinski definition) is 10. The van der Waals surface area contributed by atoms with Gasteiger partial charge in [-0.1, -0.05) is 6.07 Å². The molecule has 19 heteroatoms. The number of rotatable bonds is 12. The molecule has 0 bridgehead atoms. The van der Waals surface area contributed by atoms with Crippen LogP contribution >= 0.6 is 12.2 Å². The number of aromatic amines is 1. The highest BCUT2D eigenvalue weighted by molar-refractivity contribution is 7.80. The van der Waals surface area contributed by atoms with Crippen LogP contribution in [0.1, 0.15) is 56.7 Å². The summed E-state index contributed by atoms with van der Waals surface area (Å²) >= 11 is 5.49. The Morgan fingerprint density at radius 2 is 1.60 bits per heavy atom. The largest absolute Gasteiger partial charge is 0.508 e. The van der Waals surface area contributed by atoms with E-state index in [1.165, 1.54) is 24.3 Å². The van der Waals surface area contributed by atoms with Gasteiger partial charge in [0.05, 0.1) is 24.4 Å². The molecule has 3 aliphatic heterocycles. The number of nitrogens with two attached hydrogens (primary N) is 1. The standard InChI is InChI=1S/C41H37N9O9S/c42-39-49-34-33(36(54)50-39)46-23(19-45-34)18-44-21-6-4-20(5-7-21)35(53)48-30(37(55)56)3-1-2-14-43-40(60)47-22-8-11-27-26(15-22)38(57)59-41(27)28-12-9-24(51)16-31(28)58-32-17-25(52)10-13-29(32)41/h4-13,15-17,30,44,51-52H,1-3,14,18-19H2,(H,48,53)(H,55,56)(H2,43,47,60)(H4,42,45,49,50,54)/t30-/m0/s1. The lowest BCUT2D eigenvalue weighted by Gasteiger charge is -2.36. The molecule has 306 valence electrons. The van der Waals surface area contributed by atoms with E-state index in [0.717, 1.165) is 0 Å². The van der Waals surface area contributed by atoms with E-state index in [-0.39, 0.29) is 57.3 Å². The van der Waals surface area contributed by atoms with Gasteiger partial charge in [0.1, 0.15) is 29.0 Å². The number of nitrogens with one attached hydrogen (secondary N) is 6. The van der Waals surface area contributed by atoms with Crippen LogP contribution in [0, 0.1) is 0 Å². The second-order valence-corrected chi connectivity index (χ2v) is 14.6. The zero-order valence-electron chi connectivity index (χ0n) is 31.5. The van der Waals surface area contributed by atoms with Crippen LogP contribution in [0.4, 0.5) is 28.8 Å². The molecule has 5 aromatic rings. The summed E-state index contributed by atoms with van der Waals surface area (Å²) in [6.07, 6.45) is 1.18. The van der Waals surface area contributed by atoms with Gasteiger partial charge in [-0.25, -0.2) is 14.6 Å². The first-order chi connectivity index (χ1) is 28.9. The molecule has 0 unspecified atom stereocenters. The lowest BCUT2D eigenvalue weighted by molar-refractivity contribution is -0.139. The van der Waals surface area contributed by atoms with Crippen molar-refractivity contribution >= 4 is 69.7 Å². The first kappa shape index (κ1) is 39.2. The molecule has 1 aromatic heterocycles. The maximum absolute atomic E-state index is 13.4. The molecule has 0 fully saturated rings. The number of anilines is 4. The van der Waals surface area contributed by atoms with Gasteiger partial charge >= 0.3 is 11.9 Å². The van der Waals surface area contributed by atoms with E-state index in [1.54, 1.807) is 54.6 Å². The van der Waals surface area contributed by atoms with Gasteiger partial charge in [-0.15, -0.1) is 0 Å². The third kappa shape index (κ3) is 7.67. The Morgan fingerprint density at radius 3 is 2.30 bits per heavy atom. The second-order valence-electron chi connectivity index (χ2n) is 14.1. The van der Waals surface area contributed by atoms with Crippen molar-refractivity contribution in [3.05, 3.63) is 117 Å². The summed E-state index contributed by atoms with van der Waals surface area (Å²) in [5, 5.41) is 45.4. The number of aromatic nitrogens is 2. The van der Waals surface area contributed by atoms with Crippen molar-refractivity contribution in [2.24, 2.45) is 4.99 Å². The van der Waals surface area contributed by atoms with E-state index in [0.29, 0.717) is 72.1 Å². The van der Waals surface area contributed by atoms with Gasteiger partial charge in [0.2, 0.25) is 5.95 Å². The van der Waals surface area contributed by atoms with Gasteiger partial charge < -0.3 is 57.1 Å². The number of nitrogens with zero attached hydrogens (tertiary/aromatic N) is 2. The average Bonchev–Trinajstić information content (AvgIpc) is 3.50. The number of fused-ring (bicyclic) bond motifs is 7. The number of esters is 1. The number of aliphatic imine (C=N–C) groups is 1. The number of unbranched alkanes of at least 4 members (excludes halogenated alkanes) is 1.